The highest BCUT2D eigenvalue weighted by atomic mass is 15.2. The van der Waals surface area contributed by atoms with Gasteiger partial charge in [-0.05, 0) is 52.2 Å². The average molecular weight is 224 g/mol. The molecule has 94 valence electrons. The van der Waals surface area contributed by atoms with Gasteiger partial charge in [-0.15, -0.1) is 0 Å². The maximum absolute atomic E-state index is 3.79. The van der Waals surface area contributed by atoms with Crippen LogP contribution in [0.3, 0.4) is 0 Å². The third kappa shape index (κ3) is 2.28. The lowest BCUT2D eigenvalue weighted by molar-refractivity contribution is 0.0488. The van der Waals surface area contributed by atoms with Crippen molar-refractivity contribution in [2.75, 3.05) is 20.6 Å². The van der Waals surface area contributed by atoms with E-state index in [9.17, 15) is 0 Å². The van der Waals surface area contributed by atoms with Gasteiger partial charge in [-0.1, -0.05) is 26.2 Å². The molecular formula is C14H28N2. The number of hydrogen-bond donors (Lipinski definition) is 1. The second kappa shape index (κ2) is 5.05. The first kappa shape index (κ1) is 12.4. The molecule has 0 saturated heterocycles. The van der Waals surface area contributed by atoms with Crippen molar-refractivity contribution in [1.29, 1.82) is 0 Å². The Kier molecular flexibility index (Phi) is 3.91. The standard InChI is InChI=1S/C14H28N2/c1-4-15-13(12-8-9-12)14(16(2)3)10-6-5-7-11-14/h12-13,15H,4-11H2,1-3H3. The van der Waals surface area contributed by atoms with E-state index < -0.39 is 0 Å². The Balaban J connectivity index is 2.13. The van der Waals surface area contributed by atoms with Crippen LogP contribution in [0.1, 0.15) is 51.9 Å². The molecule has 0 aromatic rings. The lowest BCUT2D eigenvalue weighted by Gasteiger charge is -2.49. The van der Waals surface area contributed by atoms with Crippen molar-refractivity contribution in [2.24, 2.45) is 5.92 Å². The first-order valence-electron chi connectivity index (χ1n) is 7.11. The maximum Gasteiger partial charge on any atom is 0.0359 e. The van der Waals surface area contributed by atoms with Crippen molar-refractivity contribution in [3.05, 3.63) is 0 Å². The minimum absolute atomic E-state index is 0.454. The lowest BCUT2D eigenvalue weighted by Crippen LogP contribution is -2.61. The Morgan fingerprint density at radius 3 is 2.25 bits per heavy atom. The van der Waals surface area contributed by atoms with Gasteiger partial charge in [-0.25, -0.2) is 0 Å². The van der Waals surface area contributed by atoms with E-state index in [2.05, 4.69) is 31.2 Å². The number of hydrogen-bond acceptors (Lipinski definition) is 2. The molecule has 0 radical (unpaired) electrons. The summed E-state index contributed by atoms with van der Waals surface area (Å²) in [6, 6.07) is 0.743. The zero-order valence-electron chi connectivity index (χ0n) is 11.3. The van der Waals surface area contributed by atoms with E-state index in [-0.39, 0.29) is 0 Å². The van der Waals surface area contributed by atoms with Gasteiger partial charge in [0.05, 0.1) is 0 Å². The van der Waals surface area contributed by atoms with Gasteiger partial charge < -0.3 is 10.2 Å². The van der Waals surface area contributed by atoms with E-state index in [4.69, 9.17) is 0 Å². The molecule has 0 spiro atoms. The van der Waals surface area contributed by atoms with Gasteiger partial charge in [-0.2, -0.15) is 0 Å². The lowest BCUT2D eigenvalue weighted by atomic mass is 9.73. The smallest absolute Gasteiger partial charge is 0.0359 e. The molecule has 2 nitrogen and oxygen atoms in total. The largest absolute Gasteiger partial charge is 0.312 e. The Hall–Kier alpha value is -0.0800. The topological polar surface area (TPSA) is 15.3 Å². The average Bonchev–Trinajstić information content (AvgIpc) is 3.10. The molecule has 16 heavy (non-hydrogen) atoms. The summed E-state index contributed by atoms with van der Waals surface area (Å²) in [5, 5.41) is 3.79. The molecule has 1 N–H and O–H groups in total. The first-order chi connectivity index (χ1) is 7.70. The van der Waals surface area contributed by atoms with Gasteiger partial charge in [0.15, 0.2) is 0 Å². The maximum atomic E-state index is 3.79. The fraction of sp³-hybridized carbons (Fsp3) is 1.00. The number of rotatable bonds is 5. The first-order valence-corrected chi connectivity index (χ1v) is 7.11. The predicted molar refractivity (Wildman–Crippen MR) is 69.7 cm³/mol. The van der Waals surface area contributed by atoms with E-state index in [1.807, 2.05) is 0 Å². The second-order valence-electron chi connectivity index (χ2n) is 5.93. The molecule has 2 aliphatic carbocycles. The SMILES string of the molecule is CCNC(C1CC1)C1(N(C)C)CCCCC1. The highest BCUT2D eigenvalue weighted by Crippen LogP contribution is 2.44. The quantitative estimate of drug-likeness (QED) is 0.772. The third-order valence-electron chi connectivity index (χ3n) is 4.71. The molecule has 0 aromatic carbocycles. The minimum atomic E-state index is 0.454. The predicted octanol–water partition coefficient (Wildman–Crippen LogP) is 2.64. The monoisotopic (exact) mass is 224 g/mol. The van der Waals surface area contributed by atoms with E-state index in [0.717, 1.165) is 18.5 Å². The van der Waals surface area contributed by atoms with Crippen LogP contribution >= 0.6 is 0 Å². The van der Waals surface area contributed by atoms with Crippen LogP contribution in [-0.4, -0.2) is 37.1 Å². The van der Waals surface area contributed by atoms with Crippen LogP contribution in [0, 0.1) is 5.92 Å². The summed E-state index contributed by atoms with van der Waals surface area (Å²) in [5.41, 5.74) is 0.454. The highest BCUT2D eigenvalue weighted by Gasteiger charge is 2.47. The molecule has 0 heterocycles. The van der Waals surface area contributed by atoms with Crippen LogP contribution < -0.4 is 5.32 Å². The van der Waals surface area contributed by atoms with Crippen molar-refractivity contribution < 1.29 is 0 Å². The second-order valence-corrected chi connectivity index (χ2v) is 5.93. The fourth-order valence-corrected chi connectivity index (χ4v) is 3.65. The minimum Gasteiger partial charge on any atom is -0.312 e. The molecule has 2 aliphatic rings. The summed E-state index contributed by atoms with van der Waals surface area (Å²) in [7, 11) is 4.58. The molecule has 0 amide bonds. The van der Waals surface area contributed by atoms with Crippen molar-refractivity contribution in [3.63, 3.8) is 0 Å². The summed E-state index contributed by atoms with van der Waals surface area (Å²) < 4.78 is 0. The van der Waals surface area contributed by atoms with Crippen LogP contribution in [0.5, 0.6) is 0 Å². The molecule has 0 aromatic heterocycles. The van der Waals surface area contributed by atoms with Gasteiger partial charge in [0.2, 0.25) is 0 Å². The zero-order chi connectivity index (χ0) is 11.6. The molecule has 1 unspecified atom stereocenters. The van der Waals surface area contributed by atoms with Gasteiger partial charge in [0.1, 0.15) is 0 Å². The van der Waals surface area contributed by atoms with Gasteiger partial charge >= 0.3 is 0 Å². The molecule has 2 fully saturated rings. The Morgan fingerprint density at radius 1 is 1.19 bits per heavy atom. The van der Waals surface area contributed by atoms with Crippen LogP contribution in [-0.2, 0) is 0 Å². The molecule has 1 atom stereocenters. The van der Waals surface area contributed by atoms with Gasteiger partial charge in [0.25, 0.3) is 0 Å². The fourth-order valence-electron chi connectivity index (χ4n) is 3.65. The number of nitrogens with one attached hydrogen (secondary N) is 1. The van der Waals surface area contributed by atoms with Crippen LogP contribution in [0.15, 0.2) is 0 Å². The highest BCUT2D eigenvalue weighted by molar-refractivity contribution is 5.06. The summed E-state index contributed by atoms with van der Waals surface area (Å²) in [5.74, 6) is 0.959. The van der Waals surface area contributed by atoms with Crippen molar-refractivity contribution in [3.8, 4) is 0 Å². The molecular weight excluding hydrogens is 196 g/mol. The summed E-state index contributed by atoms with van der Waals surface area (Å²) in [4.78, 5) is 2.53. The number of nitrogens with zero attached hydrogens (tertiary/aromatic N) is 1. The van der Waals surface area contributed by atoms with E-state index in [0.29, 0.717) is 5.54 Å². The molecule has 0 aliphatic heterocycles. The third-order valence-corrected chi connectivity index (χ3v) is 4.71. The Labute approximate surface area is 101 Å². The zero-order valence-corrected chi connectivity index (χ0v) is 11.3. The normalized spacial score (nSPS) is 27.0. The molecule has 2 rings (SSSR count). The van der Waals surface area contributed by atoms with Crippen LogP contribution in [0.2, 0.25) is 0 Å². The summed E-state index contributed by atoms with van der Waals surface area (Å²) in [6.07, 6.45) is 9.99. The van der Waals surface area contributed by atoms with Crippen LogP contribution in [0.25, 0.3) is 0 Å². The van der Waals surface area contributed by atoms with Gasteiger partial charge in [-0.3, -0.25) is 0 Å². The molecule has 2 heteroatoms. The molecule has 2 saturated carbocycles. The van der Waals surface area contributed by atoms with Crippen molar-refractivity contribution >= 4 is 0 Å². The van der Waals surface area contributed by atoms with Crippen molar-refractivity contribution in [1.82, 2.24) is 10.2 Å². The number of likely N-dealkylation sites (N-methyl/N-ethyl adjacent to an activating group) is 2. The molecule has 0 bridgehead atoms. The van der Waals surface area contributed by atoms with Crippen LogP contribution in [0.4, 0.5) is 0 Å². The van der Waals surface area contributed by atoms with Crippen molar-refractivity contribution in [2.45, 2.75) is 63.5 Å². The Morgan fingerprint density at radius 2 is 1.81 bits per heavy atom. The Bertz CT molecular complexity index is 215. The summed E-state index contributed by atoms with van der Waals surface area (Å²) in [6.45, 7) is 3.37. The van der Waals surface area contributed by atoms with E-state index in [1.165, 1.54) is 44.9 Å². The van der Waals surface area contributed by atoms with E-state index in [1.54, 1.807) is 0 Å². The van der Waals surface area contributed by atoms with Gasteiger partial charge in [0, 0.05) is 11.6 Å². The van der Waals surface area contributed by atoms with E-state index >= 15 is 0 Å². The summed E-state index contributed by atoms with van der Waals surface area (Å²) >= 11 is 0.